The quantitative estimate of drug-likeness (QED) is 0.653. The summed E-state index contributed by atoms with van der Waals surface area (Å²) in [5, 5.41) is 0.595. The molecule has 0 aliphatic carbocycles. The van der Waals surface area contributed by atoms with Crippen molar-refractivity contribution < 1.29 is 18.0 Å². The van der Waals surface area contributed by atoms with Crippen LogP contribution in [-0.2, 0) is 11.9 Å². The smallest absolute Gasteiger partial charge is 0.286 e. The summed E-state index contributed by atoms with van der Waals surface area (Å²) in [6, 6.07) is 12.1. The topological polar surface area (TPSA) is 32.7 Å². The number of amides is 1. The van der Waals surface area contributed by atoms with Crippen molar-refractivity contribution in [2.75, 3.05) is 13.1 Å². The number of carbonyl (C=O) groups is 1. The zero-order chi connectivity index (χ0) is 18.7. The predicted octanol–water partition coefficient (Wildman–Crippen LogP) is 5.21. The molecule has 0 radical (unpaired) electrons. The summed E-state index contributed by atoms with van der Waals surface area (Å²) < 4.78 is 38.7. The van der Waals surface area contributed by atoms with E-state index in [0.717, 1.165) is 22.2 Å². The number of rotatable bonds is 3. The number of nitrogens with zero attached hydrogens (tertiary/aromatic N) is 2. The molecule has 0 aromatic heterocycles. The maximum Gasteiger partial charge on any atom is 0.416 e. The third-order valence-corrected chi connectivity index (χ3v) is 5.40. The lowest BCUT2D eigenvalue weighted by Gasteiger charge is -2.18. The highest BCUT2D eigenvalue weighted by molar-refractivity contribution is 9.10. The lowest BCUT2D eigenvalue weighted by Crippen LogP contribution is -2.32. The highest BCUT2D eigenvalue weighted by Crippen LogP contribution is 2.30. The molecular weight excluding hydrogens is 429 g/mol. The molecule has 3 nitrogen and oxygen atoms in total. The van der Waals surface area contributed by atoms with Crippen LogP contribution in [0.5, 0.6) is 0 Å². The number of carbonyl (C=O) groups excluding carboxylic acids is 1. The first kappa shape index (κ1) is 19.0. The van der Waals surface area contributed by atoms with E-state index in [9.17, 15) is 18.0 Å². The highest BCUT2D eigenvalue weighted by atomic mass is 79.9. The first-order valence-corrected chi connectivity index (χ1v) is 9.53. The predicted molar refractivity (Wildman–Crippen MR) is 100 cm³/mol. The van der Waals surface area contributed by atoms with Crippen molar-refractivity contribution in [3.63, 3.8) is 0 Å². The summed E-state index contributed by atoms with van der Waals surface area (Å²) in [5.41, 5.74) is 0.642. The largest absolute Gasteiger partial charge is 0.416 e. The summed E-state index contributed by atoms with van der Waals surface area (Å²) in [5.74, 6) is 0.315. The van der Waals surface area contributed by atoms with Crippen molar-refractivity contribution in [3.8, 4) is 0 Å². The summed E-state index contributed by atoms with van der Waals surface area (Å²) in [4.78, 5) is 18.6. The average molecular weight is 443 g/mol. The molecule has 26 heavy (non-hydrogen) atoms. The van der Waals surface area contributed by atoms with Crippen LogP contribution in [0.3, 0.4) is 0 Å². The molecule has 1 aliphatic rings. The van der Waals surface area contributed by atoms with Gasteiger partial charge >= 0.3 is 6.18 Å². The maximum atomic E-state index is 12.6. The van der Waals surface area contributed by atoms with E-state index in [4.69, 9.17) is 0 Å². The molecule has 0 N–H and O–H groups in total. The molecule has 1 aliphatic heterocycles. The van der Waals surface area contributed by atoms with Crippen molar-refractivity contribution >= 4 is 38.8 Å². The molecule has 136 valence electrons. The van der Waals surface area contributed by atoms with Crippen LogP contribution < -0.4 is 0 Å². The van der Waals surface area contributed by atoms with E-state index >= 15 is 0 Å². The third kappa shape index (κ3) is 4.48. The molecule has 0 saturated heterocycles. The van der Waals surface area contributed by atoms with Gasteiger partial charge in [-0.15, -0.1) is 0 Å². The fourth-order valence-corrected chi connectivity index (χ4v) is 3.69. The molecule has 0 unspecified atom stereocenters. The van der Waals surface area contributed by atoms with Gasteiger partial charge in [-0.2, -0.15) is 13.2 Å². The monoisotopic (exact) mass is 442 g/mol. The van der Waals surface area contributed by atoms with Gasteiger partial charge in [-0.3, -0.25) is 14.7 Å². The molecule has 0 saturated carbocycles. The Morgan fingerprint density at radius 3 is 2.38 bits per heavy atom. The minimum Gasteiger partial charge on any atom is -0.286 e. The van der Waals surface area contributed by atoms with Gasteiger partial charge in [0.25, 0.3) is 5.91 Å². The van der Waals surface area contributed by atoms with Crippen molar-refractivity contribution in [2.45, 2.75) is 11.9 Å². The van der Waals surface area contributed by atoms with E-state index in [1.54, 1.807) is 29.2 Å². The van der Waals surface area contributed by atoms with Crippen molar-refractivity contribution in [1.29, 1.82) is 0 Å². The van der Waals surface area contributed by atoms with Crippen LogP contribution in [-0.4, -0.2) is 29.1 Å². The van der Waals surface area contributed by atoms with Crippen molar-refractivity contribution in [1.82, 2.24) is 4.90 Å². The summed E-state index contributed by atoms with van der Waals surface area (Å²) in [7, 11) is 0. The van der Waals surface area contributed by atoms with E-state index in [2.05, 4.69) is 20.9 Å². The fraction of sp³-hybridized carbons (Fsp3) is 0.222. The molecule has 2 aromatic carbocycles. The Hall–Kier alpha value is -1.80. The standard InChI is InChI=1S/C18H14BrF3N2OS/c19-15-7-3-13(4-8-15)16(25)24-10-9-23-17(24)26-11-12-1-5-14(6-2-12)18(20,21)22/h1-8H,9-11H2. The SMILES string of the molecule is O=C(c1ccc(Br)cc1)N1CCN=C1SCc1ccc(C(F)(F)F)cc1. The van der Waals surface area contributed by atoms with Gasteiger partial charge in [0.15, 0.2) is 5.17 Å². The Bertz CT molecular complexity index is 820. The number of amidine groups is 1. The molecule has 0 bridgehead atoms. The average Bonchev–Trinajstić information content (AvgIpc) is 3.08. The number of aliphatic imine (C=N–C) groups is 1. The molecule has 0 fully saturated rings. The Balaban J connectivity index is 1.64. The fourth-order valence-electron chi connectivity index (χ4n) is 2.42. The Kier molecular flexibility index (Phi) is 5.72. The Morgan fingerprint density at radius 2 is 1.77 bits per heavy atom. The molecule has 0 spiro atoms. The van der Waals surface area contributed by atoms with Crippen LogP contribution in [0.1, 0.15) is 21.5 Å². The molecule has 0 atom stereocenters. The molecule has 1 amide bonds. The second kappa shape index (κ2) is 7.84. The number of benzene rings is 2. The van der Waals surface area contributed by atoms with Gasteiger partial charge in [0.05, 0.1) is 12.1 Å². The zero-order valence-electron chi connectivity index (χ0n) is 13.5. The van der Waals surface area contributed by atoms with E-state index in [1.807, 2.05) is 0 Å². The van der Waals surface area contributed by atoms with Crippen LogP contribution in [0.4, 0.5) is 13.2 Å². The molecule has 3 rings (SSSR count). The van der Waals surface area contributed by atoms with Gasteiger partial charge < -0.3 is 0 Å². The van der Waals surface area contributed by atoms with Gasteiger partial charge in [-0.05, 0) is 42.0 Å². The van der Waals surface area contributed by atoms with Crippen LogP contribution in [0.25, 0.3) is 0 Å². The lowest BCUT2D eigenvalue weighted by atomic mass is 10.1. The molecule has 8 heteroatoms. The van der Waals surface area contributed by atoms with Gasteiger partial charge in [0.1, 0.15) is 0 Å². The summed E-state index contributed by atoms with van der Waals surface area (Å²) in [6.45, 7) is 1.03. The van der Waals surface area contributed by atoms with Crippen LogP contribution >= 0.6 is 27.7 Å². The second-order valence-electron chi connectivity index (χ2n) is 5.61. The van der Waals surface area contributed by atoms with Crippen molar-refractivity contribution in [2.24, 2.45) is 4.99 Å². The van der Waals surface area contributed by atoms with Crippen LogP contribution in [0.15, 0.2) is 58.0 Å². The van der Waals surface area contributed by atoms with E-state index in [-0.39, 0.29) is 5.91 Å². The number of hydrogen-bond acceptors (Lipinski definition) is 3. The number of thioether (sulfide) groups is 1. The molecule has 2 aromatic rings. The second-order valence-corrected chi connectivity index (χ2v) is 7.47. The lowest BCUT2D eigenvalue weighted by molar-refractivity contribution is -0.137. The first-order chi connectivity index (χ1) is 12.3. The van der Waals surface area contributed by atoms with E-state index in [1.165, 1.54) is 23.9 Å². The zero-order valence-corrected chi connectivity index (χ0v) is 15.9. The molecule has 1 heterocycles. The Morgan fingerprint density at radius 1 is 1.12 bits per heavy atom. The van der Waals surface area contributed by atoms with E-state index < -0.39 is 11.7 Å². The van der Waals surface area contributed by atoms with Crippen molar-refractivity contribution in [3.05, 3.63) is 69.7 Å². The maximum absolute atomic E-state index is 12.6. The first-order valence-electron chi connectivity index (χ1n) is 7.75. The molecular formula is C18H14BrF3N2OS. The van der Waals surface area contributed by atoms with Gasteiger partial charge in [-0.1, -0.05) is 39.8 Å². The van der Waals surface area contributed by atoms with Crippen LogP contribution in [0, 0.1) is 0 Å². The number of alkyl halides is 3. The number of hydrogen-bond donors (Lipinski definition) is 0. The van der Waals surface area contributed by atoms with Gasteiger partial charge in [-0.25, -0.2) is 0 Å². The van der Waals surface area contributed by atoms with E-state index in [0.29, 0.717) is 29.6 Å². The summed E-state index contributed by atoms with van der Waals surface area (Å²) >= 11 is 4.68. The minimum atomic E-state index is -4.34. The Labute approximate surface area is 161 Å². The third-order valence-electron chi connectivity index (χ3n) is 3.79. The minimum absolute atomic E-state index is 0.131. The number of halogens is 4. The highest BCUT2D eigenvalue weighted by Gasteiger charge is 2.30. The van der Waals surface area contributed by atoms with Gasteiger partial charge in [0.2, 0.25) is 0 Å². The van der Waals surface area contributed by atoms with Crippen LogP contribution in [0.2, 0.25) is 0 Å². The normalized spacial score (nSPS) is 14.5. The van der Waals surface area contributed by atoms with Gasteiger partial charge in [0, 0.05) is 22.3 Å². The summed E-state index contributed by atoms with van der Waals surface area (Å²) in [6.07, 6.45) is -4.34.